The first kappa shape index (κ1) is 10.8. The zero-order chi connectivity index (χ0) is 11.4. The van der Waals surface area contributed by atoms with E-state index in [0.29, 0.717) is 5.69 Å². The number of hydrogen-bond donors (Lipinski definition) is 3. The number of anilines is 1. The number of carbonyl (C=O) groups is 2. The summed E-state index contributed by atoms with van der Waals surface area (Å²) in [7, 11) is 0. The molecule has 0 aliphatic carbocycles. The summed E-state index contributed by atoms with van der Waals surface area (Å²) >= 11 is 0. The summed E-state index contributed by atoms with van der Waals surface area (Å²) in [6, 6.07) is 4.10. The molecule has 1 amide bonds. The van der Waals surface area contributed by atoms with Crippen LogP contribution in [0.4, 0.5) is 5.69 Å². The molecule has 0 aliphatic heterocycles. The monoisotopic (exact) mass is 210 g/mol. The molecule has 1 aromatic carbocycles. The second-order valence-electron chi connectivity index (χ2n) is 2.82. The van der Waals surface area contributed by atoms with Crippen LogP contribution >= 0.6 is 0 Å². The Morgan fingerprint density at radius 3 is 2.60 bits per heavy atom. The highest BCUT2D eigenvalue weighted by atomic mass is 16.5. The summed E-state index contributed by atoms with van der Waals surface area (Å²) in [5.41, 5.74) is 10.5. The maximum absolute atomic E-state index is 10.8. The first-order chi connectivity index (χ1) is 7.00. The van der Waals surface area contributed by atoms with Crippen LogP contribution in [0.1, 0.15) is 10.4 Å². The summed E-state index contributed by atoms with van der Waals surface area (Å²) < 4.78 is 4.90. The van der Waals surface area contributed by atoms with Crippen molar-refractivity contribution in [3.63, 3.8) is 0 Å². The minimum atomic E-state index is -1.18. The Balaban J connectivity index is 2.95. The second-order valence-corrected chi connectivity index (χ2v) is 2.82. The summed E-state index contributed by atoms with van der Waals surface area (Å²) in [4.78, 5) is 21.2. The normalized spacial score (nSPS) is 9.60. The third-order valence-electron chi connectivity index (χ3n) is 1.60. The van der Waals surface area contributed by atoms with E-state index in [0.717, 1.165) is 0 Å². The molecule has 6 heteroatoms. The van der Waals surface area contributed by atoms with E-state index in [1.54, 1.807) is 0 Å². The Morgan fingerprint density at radius 2 is 2.07 bits per heavy atom. The van der Waals surface area contributed by atoms with Crippen LogP contribution in [-0.4, -0.2) is 23.6 Å². The minimum absolute atomic E-state index is 0.0653. The Labute approximate surface area is 85.4 Å². The molecule has 0 saturated heterocycles. The molecule has 5 N–H and O–H groups in total. The van der Waals surface area contributed by atoms with E-state index >= 15 is 0 Å². The Morgan fingerprint density at radius 1 is 1.40 bits per heavy atom. The maximum atomic E-state index is 10.8. The van der Waals surface area contributed by atoms with E-state index in [1.165, 1.54) is 18.2 Å². The average Bonchev–Trinajstić information content (AvgIpc) is 2.15. The predicted molar refractivity (Wildman–Crippen MR) is 52.5 cm³/mol. The van der Waals surface area contributed by atoms with Gasteiger partial charge in [-0.3, -0.25) is 4.79 Å². The van der Waals surface area contributed by atoms with Crippen LogP contribution < -0.4 is 16.2 Å². The lowest BCUT2D eigenvalue weighted by Gasteiger charge is -2.07. The third kappa shape index (κ3) is 2.87. The Kier molecular flexibility index (Phi) is 3.12. The van der Waals surface area contributed by atoms with Crippen molar-refractivity contribution < 1.29 is 19.4 Å². The molecule has 1 rings (SSSR count). The highest BCUT2D eigenvalue weighted by Crippen LogP contribution is 2.21. The zero-order valence-corrected chi connectivity index (χ0v) is 7.77. The van der Waals surface area contributed by atoms with E-state index in [1.807, 2.05) is 0 Å². The predicted octanol–water partition coefficient (Wildman–Crippen LogP) is -0.169. The number of benzene rings is 1. The van der Waals surface area contributed by atoms with Gasteiger partial charge in [-0.25, -0.2) is 4.79 Å². The number of ether oxygens (including phenoxy) is 1. The van der Waals surface area contributed by atoms with Crippen LogP contribution in [0.25, 0.3) is 0 Å². The van der Waals surface area contributed by atoms with Crippen molar-refractivity contribution in [1.29, 1.82) is 0 Å². The van der Waals surface area contributed by atoms with Gasteiger partial charge in [0, 0.05) is 5.69 Å². The molecule has 15 heavy (non-hydrogen) atoms. The molecule has 0 saturated carbocycles. The Hall–Kier alpha value is -2.24. The fourth-order valence-corrected chi connectivity index (χ4v) is 0.989. The number of carboxylic acid groups (broad SMARTS) is 1. The number of carboxylic acids is 1. The lowest BCUT2D eigenvalue weighted by molar-refractivity contribution is -0.119. The number of primary amides is 1. The van der Waals surface area contributed by atoms with Crippen LogP contribution in [0.15, 0.2) is 18.2 Å². The fourth-order valence-electron chi connectivity index (χ4n) is 0.989. The van der Waals surface area contributed by atoms with Crippen molar-refractivity contribution in [3.05, 3.63) is 23.8 Å². The lowest BCUT2D eigenvalue weighted by atomic mass is 10.2. The number of carbonyl (C=O) groups excluding carboxylic acids is 1. The first-order valence-electron chi connectivity index (χ1n) is 4.04. The minimum Gasteiger partial charge on any atom is -0.483 e. The van der Waals surface area contributed by atoms with Gasteiger partial charge in [0.25, 0.3) is 5.91 Å². The second kappa shape index (κ2) is 4.32. The van der Waals surface area contributed by atoms with Gasteiger partial charge in [-0.2, -0.15) is 0 Å². The fraction of sp³-hybridized carbons (Fsp3) is 0.111. The number of nitrogen functional groups attached to an aromatic ring is 1. The van der Waals surface area contributed by atoms with Crippen molar-refractivity contribution in [2.75, 3.05) is 12.3 Å². The topological polar surface area (TPSA) is 116 Å². The average molecular weight is 210 g/mol. The van der Waals surface area contributed by atoms with Crippen LogP contribution in [-0.2, 0) is 4.79 Å². The smallest absolute Gasteiger partial charge is 0.339 e. The molecular formula is C9H10N2O4. The molecule has 0 spiro atoms. The first-order valence-corrected chi connectivity index (χ1v) is 4.04. The third-order valence-corrected chi connectivity index (χ3v) is 1.60. The van der Waals surface area contributed by atoms with Crippen molar-refractivity contribution in [1.82, 2.24) is 0 Å². The SMILES string of the molecule is NC(=O)COc1ccc(N)cc1C(=O)O. The quantitative estimate of drug-likeness (QED) is 0.596. The molecule has 0 aliphatic rings. The van der Waals surface area contributed by atoms with Crippen molar-refractivity contribution >= 4 is 17.6 Å². The van der Waals surface area contributed by atoms with Gasteiger partial charge < -0.3 is 21.3 Å². The van der Waals surface area contributed by atoms with E-state index in [9.17, 15) is 9.59 Å². The number of aromatic carboxylic acids is 1. The van der Waals surface area contributed by atoms with Crippen LogP contribution in [0.3, 0.4) is 0 Å². The van der Waals surface area contributed by atoms with Gasteiger partial charge >= 0.3 is 5.97 Å². The molecular weight excluding hydrogens is 200 g/mol. The maximum Gasteiger partial charge on any atom is 0.339 e. The standard InChI is InChI=1S/C9H10N2O4/c10-5-1-2-7(15-4-8(11)12)6(3-5)9(13)14/h1-3H,4,10H2,(H2,11,12)(H,13,14). The largest absolute Gasteiger partial charge is 0.483 e. The number of rotatable bonds is 4. The lowest BCUT2D eigenvalue weighted by Crippen LogP contribution is -2.20. The van der Waals surface area contributed by atoms with Crippen LogP contribution in [0.2, 0.25) is 0 Å². The Bertz CT molecular complexity index is 403. The molecule has 0 unspecified atom stereocenters. The van der Waals surface area contributed by atoms with Gasteiger partial charge in [-0.05, 0) is 18.2 Å². The summed E-state index contributed by atoms with van der Waals surface area (Å²) in [5, 5.41) is 8.80. The number of nitrogens with two attached hydrogens (primary N) is 2. The van der Waals surface area contributed by atoms with Gasteiger partial charge in [-0.1, -0.05) is 0 Å². The number of amides is 1. The van der Waals surface area contributed by atoms with Gasteiger partial charge in [-0.15, -0.1) is 0 Å². The van der Waals surface area contributed by atoms with Gasteiger partial charge in [0.2, 0.25) is 0 Å². The summed E-state index contributed by atoms with van der Waals surface area (Å²) in [6.07, 6.45) is 0. The van der Waals surface area contributed by atoms with Gasteiger partial charge in [0.1, 0.15) is 11.3 Å². The van der Waals surface area contributed by atoms with E-state index < -0.39 is 11.9 Å². The molecule has 0 bridgehead atoms. The molecule has 0 fully saturated rings. The van der Waals surface area contributed by atoms with Crippen LogP contribution in [0.5, 0.6) is 5.75 Å². The zero-order valence-electron chi connectivity index (χ0n) is 7.77. The summed E-state index contributed by atoms with van der Waals surface area (Å²) in [6.45, 7) is -0.371. The number of hydrogen-bond acceptors (Lipinski definition) is 4. The van der Waals surface area contributed by atoms with Crippen molar-refractivity contribution in [2.45, 2.75) is 0 Å². The molecule has 6 nitrogen and oxygen atoms in total. The molecule has 80 valence electrons. The molecule has 0 heterocycles. The van der Waals surface area contributed by atoms with Crippen molar-refractivity contribution in [2.24, 2.45) is 5.73 Å². The van der Waals surface area contributed by atoms with Gasteiger partial charge in [0.05, 0.1) is 0 Å². The van der Waals surface area contributed by atoms with E-state index in [2.05, 4.69) is 0 Å². The molecule has 0 atom stereocenters. The highest BCUT2D eigenvalue weighted by Gasteiger charge is 2.12. The molecule has 0 radical (unpaired) electrons. The molecule has 0 aromatic heterocycles. The van der Waals surface area contributed by atoms with Crippen molar-refractivity contribution in [3.8, 4) is 5.75 Å². The van der Waals surface area contributed by atoms with Crippen LogP contribution in [0, 0.1) is 0 Å². The van der Waals surface area contributed by atoms with Gasteiger partial charge in [0.15, 0.2) is 6.61 Å². The summed E-state index contributed by atoms with van der Waals surface area (Å²) in [5.74, 6) is -1.79. The van der Waals surface area contributed by atoms with E-state index in [4.69, 9.17) is 21.3 Å². The van der Waals surface area contributed by atoms with E-state index in [-0.39, 0.29) is 17.9 Å². The molecule has 1 aromatic rings. The highest BCUT2D eigenvalue weighted by molar-refractivity contribution is 5.92.